The zero-order valence-electron chi connectivity index (χ0n) is 22.8. The molecule has 40 heavy (non-hydrogen) atoms. The fraction of sp³-hybridized carbons (Fsp3) is 0.467. The molecule has 5 rings (SSSR count). The number of ether oxygens (including phenoxy) is 1. The van der Waals surface area contributed by atoms with Crippen LogP contribution in [0.5, 0.6) is 0 Å². The van der Waals surface area contributed by atoms with Gasteiger partial charge in [-0.1, -0.05) is 61.4 Å². The number of rotatable bonds is 11. The normalized spacial score (nSPS) is 16.8. The Kier molecular flexibility index (Phi) is 9.29. The number of halogens is 1. The zero-order chi connectivity index (χ0) is 28.0. The van der Waals surface area contributed by atoms with Crippen LogP contribution in [0.3, 0.4) is 0 Å². The number of hydrogen-bond acceptors (Lipinski definition) is 6. The molecule has 0 radical (unpaired) electrons. The van der Waals surface area contributed by atoms with Gasteiger partial charge in [0, 0.05) is 37.7 Å². The maximum atomic E-state index is 14.4. The van der Waals surface area contributed by atoms with Crippen LogP contribution in [0.2, 0.25) is 0 Å². The lowest BCUT2D eigenvalue weighted by Gasteiger charge is -2.31. The Bertz CT molecular complexity index is 1380. The standard InChI is InChI=1S/C30H37FN4O4S/c31-28-13-7-6-12-26(28)23-40(37,38)30-32-20-27(35(30)21-24-8-2-1-3-9-24)22-34(29(36)25-10-4-5-11-25)15-14-33-16-18-39-19-17-33/h1-3,6-9,12-13,20,25H,4-5,10-11,14-19,21-23H2. The van der Waals surface area contributed by atoms with E-state index in [0.29, 0.717) is 25.5 Å². The van der Waals surface area contributed by atoms with E-state index in [9.17, 15) is 17.6 Å². The lowest BCUT2D eigenvalue weighted by atomic mass is 10.1. The van der Waals surface area contributed by atoms with Crippen molar-refractivity contribution in [3.8, 4) is 0 Å². The summed E-state index contributed by atoms with van der Waals surface area (Å²) in [6, 6.07) is 15.5. The third-order valence-electron chi connectivity index (χ3n) is 7.83. The van der Waals surface area contributed by atoms with Crippen molar-refractivity contribution in [2.45, 2.75) is 49.7 Å². The quantitative estimate of drug-likeness (QED) is 0.349. The molecule has 2 aliphatic rings. The van der Waals surface area contributed by atoms with Crippen LogP contribution in [-0.4, -0.2) is 73.1 Å². The summed E-state index contributed by atoms with van der Waals surface area (Å²) in [6.07, 6.45) is 5.44. The van der Waals surface area contributed by atoms with Crippen molar-refractivity contribution < 1.29 is 22.3 Å². The lowest BCUT2D eigenvalue weighted by Crippen LogP contribution is -2.44. The third-order valence-corrected chi connectivity index (χ3v) is 9.40. The minimum absolute atomic E-state index is 0.000516. The van der Waals surface area contributed by atoms with Crippen molar-refractivity contribution >= 4 is 15.7 Å². The van der Waals surface area contributed by atoms with Crippen LogP contribution in [0.4, 0.5) is 4.39 Å². The Morgan fingerprint density at radius 1 is 1.02 bits per heavy atom. The smallest absolute Gasteiger partial charge is 0.228 e. The van der Waals surface area contributed by atoms with Gasteiger partial charge in [-0.25, -0.2) is 17.8 Å². The van der Waals surface area contributed by atoms with Crippen molar-refractivity contribution in [1.82, 2.24) is 19.4 Å². The Balaban J connectivity index is 1.45. The molecular weight excluding hydrogens is 531 g/mol. The first-order valence-corrected chi connectivity index (χ1v) is 15.7. The average Bonchev–Trinajstić information content (AvgIpc) is 3.64. The summed E-state index contributed by atoms with van der Waals surface area (Å²) in [7, 11) is -3.98. The largest absolute Gasteiger partial charge is 0.379 e. The molecule has 10 heteroatoms. The molecule has 2 aromatic carbocycles. The van der Waals surface area contributed by atoms with Gasteiger partial charge in [0.1, 0.15) is 5.82 Å². The first-order chi connectivity index (χ1) is 19.4. The number of carbonyl (C=O) groups is 1. The van der Waals surface area contributed by atoms with Gasteiger partial charge in [0.05, 0.1) is 43.9 Å². The van der Waals surface area contributed by atoms with Crippen LogP contribution in [0.1, 0.15) is 42.5 Å². The molecular formula is C30H37FN4O4S. The van der Waals surface area contributed by atoms with E-state index in [1.54, 1.807) is 16.8 Å². The minimum atomic E-state index is -3.98. The maximum Gasteiger partial charge on any atom is 0.228 e. The van der Waals surface area contributed by atoms with Crippen molar-refractivity contribution in [1.29, 1.82) is 0 Å². The number of hydrogen-bond donors (Lipinski definition) is 0. The van der Waals surface area contributed by atoms with Gasteiger partial charge in [-0.2, -0.15) is 0 Å². The number of sulfone groups is 1. The summed E-state index contributed by atoms with van der Waals surface area (Å²) in [5.74, 6) is -0.940. The molecule has 0 N–H and O–H groups in total. The second kappa shape index (κ2) is 13.1. The fourth-order valence-electron chi connectivity index (χ4n) is 5.57. The van der Waals surface area contributed by atoms with Gasteiger partial charge >= 0.3 is 0 Å². The van der Waals surface area contributed by atoms with Crippen molar-refractivity contribution in [3.05, 3.63) is 83.4 Å². The van der Waals surface area contributed by atoms with Crippen molar-refractivity contribution in [3.63, 3.8) is 0 Å². The van der Waals surface area contributed by atoms with Crippen LogP contribution in [0.15, 0.2) is 66.0 Å². The van der Waals surface area contributed by atoms with Gasteiger partial charge in [-0.3, -0.25) is 9.69 Å². The first kappa shape index (κ1) is 28.4. The Morgan fingerprint density at radius 2 is 1.73 bits per heavy atom. The predicted molar refractivity (Wildman–Crippen MR) is 150 cm³/mol. The second-order valence-corrected chi connectivity index (χ2v) is 12.5. The topological polar surface area (TPSA) is 84.7 Å². The highest BCUT2D eigenvalue weighted by molar-refractivity contribution is 7.90. The van der Waals surface area contributed by atoms with E-state index in [2.05, 4.69) is 9.88 Å². The Morgan fingerprint density at radius 3 is 2.45 bits per heavy atom. The molecule has 1 saturated heterocycles. The van der Waals surface area contributed by atoms with E-state index >= 15 is 0 Å². The summed E-state index contributed by atoms with van der Waals surface area (Å²) in [5, 5.41) is -0.115. The third kappa shape index (κ3) is 6.97. The fourth-order valence-corrected chi connectivity index (χ4v) is 7.07. The zero-order valence-corrected chi connectivity index (χ0v) is 23.6. The van der Waals surface area contributed by atoms with Crippen LogP contribution >= 0.6 is 0 Å². The molecule has 3 aromatic rings. The lowest BCUT2D eigenvalue weighted by molar-refractivity contribution is -0.136. The summed E-state index contributed by atoms with van der Waals surface area (Å²) in [5.41, 5.74) is 1.65. The van der Waals surface area contributed by atoms with E-state index in [4.69, 9.17) is 4.74 Å². The Labute approximate surface area is 235 Å². The van der Waals surface area contributed by atoms with Gasteiger partial charge < -0.3 is 14.2 Å². The van der Waals surface area contributed by atoms with Gasteiger partial charge in [0.15, 0.2) is 0 Å². The highest BCUT2D eigenvalue weighted by atomic mass is 32.2. The average molecular weight is 569 g/mol. The van der Waals surface area contributed by atoms with E-state index in [0.717, 1.165) is 50.9 Å². The summed E-state index contributed by atoms with van der Waals surface area (Å²) in [4.78, 5) is 22.2. The molecule has 2 heterocycles. The van der Waals surface area contributed by atoms with Crippen LogP contribution in [0.25, 0.3) is 0 Å². The summed E-state index contributed by atoms with van der Waals surface area (Å²) in [6.45, 7) is 4.83. The van der Waals surface area contributed by atoms with E-state index < -0.39 is 21.4 Å². The van der Waals surface area contributed by atoms with Gasteiger partial charge in [0.2, 0.25) is 20.9 Å². The second-order valence-electron chi connectivity index (χ2n) is 10.6. The molecule has 1 aliphatic carbocycles. The van der Waals surface area contributed by atoms with E-state index in [-0.39, 0.29) is 35.6 Å². The van der Waals surface area contributed by atoms with Crippen molar-refractivity contribution in [2.75, 3.05) is 39.4 Å². The number of nitrogens with zero attached hydrogens (tertiary/aromatic N) is 4. The highest BCUT2D eigenvalue weighted by Gasteiger charge is 2.30. The van der Waals surface area contributed by atoms with Crippen LogP contribution in [-0.2, 0) is 38.2 Å². The monoisotopic (exact) mass is 568 g/mol. The molecule has 0 bridgehead atoms. The highest BCUT2D eigenvalue weighted by Crippen LogP contribution is 2.28. The molecule has 1 aliphatic heterocycles. The molecule has 2 fully saturated rings. The van der Waals surface area contributed by atoms with E-state index in [1.807, 2.05) is 35.2 Å². The number of aromatic nitrogens is 2. The molecule has 1 saturated carbocycles. The van der Waals surface area contributed by atoms with Gasteiger partial charge in [-0.15, -0.1) is 0 Å². The van der Waals surface area contributed by atoms with Crippen LogP contribution in [0, 0.1) is 11.7 Å². The van der Waals surface area contributed by atoms with E-state index in [1.165, 1.54) is 18.2 Å². The predicted octanol–water partition coefficient (Wildman–Crippen LogP) is 3.90. The van der Waals surface area contributed by atoms with Crippen molar-refractivity contribution in [2.24, 2.45) is 5.92 Å². The minimum Gasteiger partial charge on any atom is -0.379 e. The molecule has 8 nitrogen and oxygen atoms in total. The summed E-state index contributed by atoms with van der Waals surface area (Å²) >= 11 is 0. The molecule has 0 unspecified atom stereocenters. The molecule has 1 amide bonds. The van der Waals surface area contributed by atoms with Gasteiger partial charge in [0.25, 0.3) is 0 Å². The number of benzene rings is 2. The SMILES string of the molecule is O=C(C1CCCC1)N(CCN1CCOCC1)Cc1cnc(S(=O)(=O)Cc2ccccc2F)n1Cc1ccccc1. The molecule has 0 atom stereocenters. The Hall–Kier alpha value is -3.08. The number of imidazole rings is 1. The number of morpholine rings is 1. The molecule has 214 valence electrons. The number of carbonyl (C=O) groups excluding carboxylic acids is 1. The van der Waals surface area contributed by atoms with Gasteiger partial charge in [-0.05, 0) is 24.5 Å². The first-order valence-electron chi connectivity index (χ1n) is 14.0. The number of amides is 1. The molecule has 1 aromatic heterocycles. The maximum absolute atomic E-state index is 14.4. The summed E-state index contributed by atoms with van der Waals surface area (Å²) < 4.78 is 48.7. The molecule has 0 spiro atoms. The van der Waals surface area contributed by atoms with Crippen LogP contribution < -0.4 is 0 Å².